The number of amides is 1. The fourth-order valence-corrected chi connectivity index (χ4v) is 2.23. The number of halogens is 1. The molecule has 2 aromatic heterocycles. The lowest BCUT2D eigenvalue weighted by Crippen LogP contribution is -2.17. The highest BCUT2D eigenvalue weighted by molar-refractivity contribution is 5.94. The molecule has 1 saturated carbocycles. The van der Waals surface area contributed by atoms with E-state index in [2.05, 4.69) is 29.1 Å². The lowest BCUT2D eigenvalue weighted by atomic mass is 10.1. The van der Waals surface area contributed by atoms with Crippen LogP contribution in [0.4, 0.5) is 10.2 Å². The Labute approximate surface area is 127 Å². The highest BCUT2D eigenvalue weighted by Crippen LogP contribution is 2.51. The van der Waals surface area contributed by atoms with Crippen molar-refractivity contribution < 1.29 is 13.9 Å². The minimum atomic E-state index is -0.610. The molecule has 5 nitrogen and oxygen atoms in total. The van der Waals surface area contributed by atoms with E-state index >= 15 is 0 Å². The Hall–Kier alpha value is -2.50. The second-order valence-electron chi connectivity index (χ2n) is 6.03. The Kier molecular flexibility index (Phi) is 3.52. The molecule has 1 atom stereocenters. The van der Waals surface area contributed by atoms with Crippen LogP contribution in [0.3, 0.4) is 0 Å². The van der Waals surface area contributed by atoms with Crippen molar-refractivity contribution in [2.75, 3.05) is 5.32 Å². The number of nitrogens with zero attached hydrogens (tertiary/aromatic N) is 2. The first-order valence-corrected chi connectivity index (χ1v) is 7.00. The standard InChI is InChI=1S/C16H16FN3O2/c1-16(2)8-12(16)15(21)20-14-4-3-11(9-19-14)22-10-5-6-18-13(17)7-10/h3-7,9,12H,8H2,1-2H3,(H,19,20,21). The van der Waals surface area contributed by atoms with Gasteiger partial charge in [0.15, 0.2) is 0 Å². The summed E-state index contributed by atoms with van der Waals surface area (Å²) in [7, 11) is 0. The van der Waals surface area contributed by atoms with Crippen molar-refractivity contribution in [1.29, 1.82) is 0 Å². The van der Waals surface area contributed by atoms with E-state index in [1.807, 2.05) is 0 Å². The van der Waals surface area contributed by atoms with Gasteiger partial charge in [-0.1, -0.05) is 13.8 Å². The maximum Gasteiger partial charge on any atom is 0.229 e. The molecular weight excluding hydrogens is 285 g/mol. The Morgan fingerprint density at radius 2 is 2.09 bits per heavy atom. The summed E-state index contributed by atoms with van der Waals surface area (Å²) in [5.74, 6) is 0.691. The molecule has 0 aliphatic heterocycles. The normalized spacial score (nSPS) is 18.6. The SMILES string of the molecule is CC1(C)CC1C(=O)Nc1ccc(Oc2ccnc(F)c2)cn1. The number of hydrogen-bond donors (Lipinski definition) is 1. The van der Waals surface area contributed by atoms with Crippen molar-refractivity contribution in [2.24, 2.45) is 11.3 Å². The summed E-state index contributed by atoms with van der Waals surface area (Å²) in [4.78, 5) is 19.6. The van der Waals surface area contributed by atoms with E-state index in [0.29, 0.717) is 17.3 Å². The van der Waals surface area contributed by atoms with Crippen LogP contribution in [0.25, 0.3) is 0 Å². The molecule has 114 valence electrons. The van der Waals surface area contributed by atoms with Crippen LogP contribution in [0.5, 0.6) is 11.5 Å². The molecule has 0 spiro atoms. The number of anilines is 1. The molecule has 2 aromatic rings. The maximum absolute atomic E-state index is 13.0. The molecular formula is C16H16FN3O2. The lowest BCUT2D eigenvalue weighted by molar-refractivity contribution is -0.118. The molecule has 22 heavy (non-hydrogen) atoms. The molecule has 2 heterocycles. The number of carbonyl (C=O) groups is 1. The van der Waals surface area contributed by atoms with Crippen LogP contribution in [0.2, 0.25) is 0 Å². The minimum absolute atomic E-state index is 0.0117. The maximum atomic E-state index is 13.0. The quantitative estimate of drug-likeness (QED) is 0.879. The van der Waals surface area contributed by atoms with Crippen LogP contribution in [0.1, 0.15) is 20.3 Å². The fourth-order valence-electron chi connectivity index (χ4n) is 2.23. The molecule has 6 heteroatoms. The number of aromatic nitrogens is 2. The Bertz CT molecular complexity index is 701. The van der Waals surface area contributed by atoms with E-state index in [9.17, 15) is 9.18 Å². The van der Waals surface area contributed by atoms with E-state index in [4.69, 9.17) is 4.74 Å². The summed E-state index contributed by atoms with van der Waals surface area (Å²) in [6, 6.07) is 6.05. The summed E-state index contributed by atoms with van der Waals surface area (Å²) in [6.45, 7) is 4.13. The van der Waals surface area contributed by atoms with E-state index < -0.39 is 5.95 Å². The zero-order chi connectivity index (χ0) is 15.7. The Morgan fingerprint density at radius 3 is 2.68 bits per heavy atom. The van der Waals surface area contributed by atoms with Gasteiger partial charge in [-0.3, -0.25) is 4.79 Å². The van der Waals surface area contributed by atoms with Crippen LogP contribution in [-0.2, 0) is 4.79 Å². The van der Waals surface area contributed by atoms with Crippen molar-refractivity contribution in [1.82, 2.24) is 9.97 Å². The van der Waals surface area contributed by atoms with Crippen LogP contribution in [0.15, 0.2) is 36.7 Å². The van der Waals surface area contributed by atoms with Gasteiger partial charge >= 0.3 is 0 Å². The molecule has 1 unspecified atom stereocenters. The van der Waals surface area contributed by atoms with Crippen molar-refractivity contribution >= 4 is 11.7 Å². The highest BCUT2D eigenvalue weighted by atomic mass is 19.1. The van der Waals surface area contributed by atoms with Gasteiger partial charge in [-0.05, 0) is 30.0 Å². The summed E-state index contributed by atoms with van der Waals surface area (Å²) in [5.41, 5.74) is 0.0819. The smallest absolute Gasteiger partial charge is 0.229 e. The van der Waals surface area contributed by atoms with Crippen LogP contribution >= 0.6 is 0 Å². The average molecular weight is 301 g/mol. The van der Waals surface area contributed by atoms with Gasteiger partial charge < -0.3 is 10.1 Å². The molecule has 0 aromatic carbocycles. The van der Waals surface area contributed by atoms with E-state index in [1.165, 1.54) is 18.5 Å². The number of ether oxygens (including phenoxy) is 1. The fraction of sp³-hybridized carbons (Fsp3) is 0.312. The van der Waals surface area contributed by atoms with Crippen molar-refractivity contribution in [3.63, 3.8) is 0 Å². The summed E-state index contributed by atoms with van der Waals surface area (Å²) in [6.07, 6.45) is 3.70. The van der Waals surface area contributed by atoms with Gasteiger partial charge in [-0.15, -0.1) is 0 Å². The van der Waals surface area contributed by atoms with Gasteiger partial charge in [0, 0.05) is 18.2 Å². The van der Waals surface area contributed by atoms with Crippen molar-refractivity contribution in [3.8, 4) is 11.5 Å². The van der Waals surface area contributed by atoms with E-state index in [-0.39, 0.29) is 17.2 Å². The van der Waals surface area contributed by atoms with Crippen LogP contribution in [0, 0.1) is 17.3 Å². The largest absolute Gasteiger partial charge is 0.456 e. The summed E-state index contributed by atoms with van der Waals surface area (Å²) >= 11 is 0. The van der Waals surface area contributed by atoms with Crippen molar-refractivity contribution in [2.45, 2.75) is 20.3 Å². The Balaban J connectivity index is 1.62. The molecule has 1 aliphatic carbocycles. The predicted molar refractivity (Wildman–Crippen MR) is 79.0 cm³/mol. The monoisotopic (exact) mass is 301 g/mol. The number of carbonyl (C=O) groups excluding carboxylic acids is 1. The van der Waals surface area contributed by atoms with Gasteiger partial charge in [-0.25, -0.2) is 9.97 Å². The molecule has 3 rings (SSSR count). The van der Waals surface area contributed by atoms with Gasteiger partial charge in [0.2, 0.25) is 11.9 Å². The highest BCUT2D eigenvalue weighted by Gasteiger charge is 2.50. The van der Waals surface area contributed by atoms with Gasteiger partial charge in [0.25, 0.3) is 0 Å². The third-order valence-electron chi connectivity index (χ3n) is 3.75. The first-order chi connectivity index (χ1) is 10.4. The summed E-state index contributed by atoms with van der Waals surface area (Å²) in [5, 5.41) is 2.78. The van der Waals surface area contributed by atoms with Gasteiger partial charge in [0.05, 0.1) is 6.20 Å². The number of rotatable bonds is 4. The minimum Gasteiger partial charge on any atom is -0.456 e. The van der Waals surface area contributed by atoms with E-state index in [0.717, 1.165) is 6.42 Å². The lowest BCUT2D eigenvalue weighted by Gasteiger charge is -2.08. The second-order valence-corrected chi connectivity index (χ2v) is 6.03. The molecule has 1 N–H and O–H groups in total. The molecule has 0 radical (unpaired) electrons. The number of pyridine rings is 2. The third-order valence-corrected chi connectivity index (χ3v) is 3.75. The number of hydrogen-bond acceptors (Lipinski definition) is 4. The first kappa shape index (κ1) is 14.4. The Morgan fingerprint density at radius 1 is 1.32 bits per heavy atom. The second kappa shape index (κ2) is 5.36. The average Bonchev–Trinajstić information content (AvgIpc) is 3.10. The first-order valence-electron chi connectivity index (χ1n) is 7.00. The summed E-state index contributed by atoms with van der Waals surface area (Å²) < 4.78 is 18.4. The molecule has 1 aliphatic rings. The van der Waals surface area contributed by atoms with Crippen LogP contribution in [-0.4, -0.2) is 15.9 Å². The van der Waals surface area contributed by atoms with E-state index in [1.54, 1.807) is 18.2 Å². The predicted octanol–water partition coefficient (Wildman–Crippen LogP) is 3.39. The molecule has 0 saturated heterocycles. The van der Waals surface area contributed by atoms with Crippen LogP contribution < -0.4 is 10.1 Å². The van der Waals surface area contributed by atoms with Crippen molar-refractivity contribution in [3.05, 3.63) is 42.6 Å². The molecule has 1 amide bonds. The van der Waals surface area contributed by atoms with Gasteiger partial charge in [0.1, 0.15) is 17.3 Å². The molecule has 0 bridgehead atoms. The zero-order valence-electron chi connectivity index (χ0n) is 12.3. The number of nitrogens with one attached hydrogen (secondary N) is 1. The topological polar surface area (TPSA) is 64.1 Å². The third kappa shape index (κ3) is 3.21. The van der Waals surface area contributed by atoms with Gasteiger partial charge in [-0.2, -0.15) is 4.39 Å². The zero-order valence-corrected chi connectivity index (χ0v) is 12.3. The molecule has 1 fully saturated rings.